The zero-order valence-corrected chi connectivity index (χ0v) is 12.8. The Hall–Kier alpha value is -1.56. The van der Waals surface area contributed by atoms with Gasteiger partial charge < -0.3 is 14.9 Å². The predicted molar refractivity (Wildman–Crippen MR) is 78.4 cm³/mol. The summed E-state index contributed by atoms with van der Waals surface area (Å²) in [6, 6.07) is 6.76. The minimum absolute atomic E-state index is 0.231. The number of carbonyl (C=O) groups excluding carboxylic acids is 1. The van der Waals surface area contributed by atoms with Gasteiger partial charge in [-0.3, -0.25) is 0 Å². The van der Waals surface area contributed by atoms with Crippen LogP contribution in [0.5, 0.6) is 0 Å². The van der Waals surface area contributed by atoms with Gasteiger partial charge in [0.2, 0.25) is 0 Å². The molecule has 0 aromatic heterocycles. The molecule has 1 aromatic rings. The van der Waals surface area contributed by atoms with Crippen LogP contribution in [0.4, 0.5) is 4.79 Å². The third kappa shape index (κ3) is 3.12. The molecule has 2 rings (SSSR count). The summed E-state index contributed by atoms with van der Waals surface area (Å²) >= 11 is 3.45. The van der Waals surface area contributed by atoms with Crippen molar-refractivity contribution in [1.82, 2.24) is 9.80 Å². The first kappa shape index (κ1) is 14.8. The topological polar surface area (TPSA) is 60.9 Å². The van der Waals surface area contributed by atoms with E-state index in [9.17, 15) is 9.59 Å². The number of carboxylic acid groups (broad SMARTS) is 1. The number of hydrogen-bond donors (Lipinski definition) is 1. The summed E-state index contributed by atoms with van der Waals surface area (Å²) in [5.74, 6) is -0.926. The van der Waals surface area contributed by atoms with Gasteiger partial charge in [-0.1, -0.05) is 34.1 Å². The zero-order valence-electron chi connectivity index (χ0n) is 11.3. The van der Waals surface area contributed by atoms with Crippen LogP contribution >= 0.6 is 15.9 Å². The Balaban J connectivity index is 2.05. The van der Waals surface area contributed by atoms with Gasteiger partial charge in [0.1, 0.15) is 6.04 Å². The normalized spacial score (nSPS) is 18.1. The Morgan fingerprint density at radius 1 is 1.45 bits per heavy atom. The van der Waals surface area contributed by atoms with Gasteiger partial charge in [-0.15, -0.1) is 0 Å². The lowest BCUT2D eigenvalue weighted by Crippen LogP contribution is -2.46. The number of nitrogens with zero attached hydrogens (tertiary/aromatic N) is 2. The summed E-state index contributed by atoms with van der Waals surface area (Å²) in [5.41, 5.74) is 0.995. The largest absolute Gasteiger partial charge is 0.480 e. The van der Waals surface area contributed by atoms with Gasteiger partial charge in [-0.05, 0) is 24.5 Å². The molecule has 0 saturated carbocycles. The fourth-order valence-electron chi connectivity index (χ4n) is 2.42. The smallest absolute Gasteiger partial charge is 0.326 e. The molecule has 1 fully saturated rings. The molecular formula is C14H17BrN2O3. The van der Waals surface area contributed by atoms with E-state index >= 15 is 0 Å². The highest BCUT2D eigenvalue weighted by atomic mass is 79.9. The van der Waals surface area contributed by atoms with Crippen molar-refractivity contribution in [3.63, 3.8) is 0 Å². The number of aliphatic carboxylic acids is 1. The molecule has 6 heteroatoms. The van der Waals surface area contributed by atoms with Crippen molar-refractivity contribution in [2.24, 2.45) is 0 Å². The Kier molecular flexibility index (Phi) is 4.65. The number of amides is 2. The average Bonchev–Trinajstić information content (AvgIpc) is 2.89. The maximum Gasteiger partial charge on any atom is 0.326 e. The molecule has 1 atom stereocenters. The van der Waals surface area contributed by atoms with Crippen molar-refractivity contribution in [2.75, 3.05) is 13.6 Å². The minimum Gasteiger partial charge on any atom is -0.480 e. The zero-order chi connectivity index (χ0) is 14.7. The highest BCUT2D eigenvalue weighted by Gasteiger charge is 2.35. The van der Waals surface area contributed by atoms with E-state index in [1.54, 1.807) is 11.9 Å². The van der Waals surface area contributed by atoms with Crippen molar-refractivity contribution in [1.29, 1.82) is 0 Å². The van der Waals surface area contributed by atoms with Crippen LogP contribution in [0.2, 0.25) is 0 Å². The first-order valence-corrected chi connectivity index (χ1v) is 7.28. The predicted octanol–water partition coefficient (Wildman–Crippen LogP) is 2.55. The van der Waals surface area contributed by atoms with Gasteiger partial charge in [0.15, 0.2) is 0 Å². The lowest BCUT2D eigenvalue weighted by atomic mass is 10.2. The first-order valence-electron chi connectivity index (χ1n) is 6.48. The van der Waals surface area contributed by atoms with Gasteiger partial charge in [-0.2, -0.15) is 0 Å². The molecule has 108 valence electrons. The van der Waals surface area contributed by atoms with Crippen LogP contribution in [0.15, 0.2) is 28.7 Å². The fraction of sp³-hybridized carbons (Fsp3) is 0.429. The molecule has 0 radical (unpaired) electrons. The van der Waals surface area contributed by atoms with E-state index in [0.29, 0.717) is 19.5 Å². The van der Waals surface area contributed by atoms with Gasteiger partial charge in [0.05, 0.1) is 0 Å². The number of hydrogen-bond acceptors (Lipinski definition) is 2. The highest BCUT2D eigenvalue weighted by molar-refractivity contribution is 9.10. The molecule has 1 aromatic carbocycles. The maximum atomic E-state index is 12.3. The van der Waals surface area contributed by atoms with Crippen LogP contribution in [0, 0.1) is 0 Å². The SMILES string of the molecule is CN(Cc1ccccc1Br)C(=O)N1CCCC1C(=O)O. The van der Waals surface area contributed by atoms with E-state index in [2.05, 4.69) is 15.9 Å². The molecule has 2 amide bonds. The molecule has 1 N–H and O–H groups in total. The van der Waals surface area contributed by atoms with E-state index in [0.717, 1.165) is 16.5 Å². The highest BCUT2D eigenvalue weighted by Crippen LogP contribution is 2.21. The second kappa shape index (κ2) is 6.26. The van der Waals surface area contributed by atoms with Crippen molar-refractivity contribution in [3.8, 4) is 0 Å². The molecule has 0 spiro atoms. The summed E-state index contributed by atoms with van der Waals surface area (Å²) in [5, 5.41) is 9.13. The Bertz CT molecular complexity index is 521. The average molecular weight is 341 g/mol. The van der Waals surface area contributed by atoms with Crippen LogP contribution in [-0.2, 0) is 11.3 Å². The third-order valence-corrected chi connectivity index (χ3v) is 4.25. The lowest BCUT2D eigenvalue weighted by Gasteiger charge is -2.27. The van der Waals surface area contributed by atoms with Crippen LogP contribution in [0.1, 0.15) is 18.4 Å². The van der Waals surface area contributed by atoms with Crippen LogP contribution < -0.4 is 0 Å². The number of carboxylic acids is 1. The molecule has 0 bridgehead atoms. The van der Waals surface area contributed by atoms with Gasteiger partial charge >= 0.3 is 12.0 Å². The molecule has 1 aliphatic rings. The summed E-state index contributed by atoms with van der Waals surface area (Å²) in [7, 11) is 1.69. The fourth-order valence-corrected chi connectivity index (χ4v) is 2.83. The molecule has 1 heterocycles. The van der Waals surface area contributed by atoms with Gasteiger partial charge in [0.25, 0.3) is 0 Å². The van der Waals surface area contributed by atoms with Crippen LogP contribution in [0.25, 0.3) is 0 Å². The van der Waals surface area contributed by atoms with E-state index < -0.39 is 12.0 Å². The second-order valence-electron chi connectivity index (χ2n) is 4.92. The monoisotopic (exact) mass is 340 g/mol. The molecule has 1 saturated heterocycles. The second-order valence-corrected chi connectivity index (χ2v) is 5.77. The summed E-state index contributed by atoms with van der Waals surface area (Å²) in [6.07, 6.45) is 1.27. The Morgan fingerprint density at radius 3 is 2.80 bits per heavy atom. The van der Waals surface area contributed by atoms with Crippen molar-refractivity contribution < 1.29 is 14.7 Å². The Labute approximate surface area is 126 Å². The van der Waals surface area contributed by atoms with E-state index in [-0.39, 0.29) is 6.03 Å². The number of halogens is 1. The van der Waals surface area contributed by atoms with E-state index in [1.807, 2.05) is 24.3 Å². The summed E-state index contributed by atoms with van der Waals surface area (Å²) in [4.78, 5) is 26.5. The standard InChI is InChI=1S/C14H17BrN2O3/c1-16(9-10-5-2-3-6-11(10)15)14(20)17-8-4-7-12(17)13(18)19/h2-3,5-6,12H,4,7-9H2,1H3,(H,18,19). The number of benzene rings is 1. The number of carbonyl (C=O) groups is 2. The van der Waals surface area contributed by atoms with E-state index in [4.69, 9.17) is 5.11 Å². The molecule has 0 aliphatic carbocycles. The summed E-state index contributed by atoms with van der Waals surface area (Å²) < 4.78 is 0.941. The number of urea groups is 1. The van der Waals surface area contributed by atoms with Crippen LogP contribution in [0.3, 0.4) is 0 Å². The van der Waals surface area contributed by atoms with E-state index in [1.165, 1.54) is 4.90 Å². The quantitative estimate of drug-likeness (QED) is 0.919. The summed E-state index contributed by atoms with van der Waals surface area (Å²) in [6.45, 7) is 0.958. The molecule has 1 aliphatic heterocycles. The number of rotatable bonds is 3. The minimum atomic E-state index is -0.926. The number of likely N-dealkylation sites (tertiary alicyclic amines) is 1. The van der Waals surface area contributed by atoms with Gasteiger partial charge in [0, 0.05) is 24.6 Å². The maximum absolute atomic E-state index is 12.3. The Morgan fingerprint density at radius 2 is 2.15 bits per heavy atom. The first-order chi connectivity index (χ1) is 9.50. The molecule has 5 nitrogen and oxygen atoms in total. The van der Waals surface area contributed by atoms with Crippen molar-refractivity contribution in [2.45, 2.75) is 25.4 Å². The third-order valence-electron chi connectivity index (χ3n) is 3.48. The van der Waals surface area contributed by atoms with Crippen LogP contribution in [-0.4, -0.2) is 46.5 Å². The van der Waals surface area contributed by atoms with Gasteiger partial charge in [-0.25, -0.2) is 9.59 Å². The van der Waals surface area contributed by atoms with Crippen molar-refractivity contribution in [3.05, 3.63) is 34.3 Å². The lowest BCUT2D eigenvalue weighted by molar-refractivity contribution is -0.141. The van der Waals surface area contributed by atoms with Crippen molar-refractivity contribution >= 4 is 27.9 Å². The molecular weight excluding hydrogens is 324 g/mol. The molecule has 20 heavy (non-hydrogen) atoms. The molecule has 1 unspecified atom stereocenters.